The van der Waals surface area contributed by atoms with E-state index in [9.17, 15) is 0 Å². The molecule has 1 atom stereocenters. The summed E-state index contributed by atoms with van der Waals surface area (Å²) in [7, 11) is 0. The summed E-state index contributed by atoms with van der Waals surface area (Å²) in [6.07, 6.45) is 4.23. The van der Waals surface area contributed by atoms with Gasteiger partial charge in [0.2, 0.25) is 0 Å². The van der Waals surface area contributed by atoms with E-state index >= 15 is 0 Å². The third kappa shape index (κ3) is 3.77. The summed E-state index contributed by atoms with van der Waals surface area (Å²) in [6.45, 7) is 4.38. The lowest BCUT2D eigenvalue weighted by molar-refractivity contribution is 0.113. The van der Waals surface area contributed by atoms with E-state index in [1.54, 1.807) is 0 Å². The number of rotatable bonds is 6. The minimum absolute atomic E-state index is 0.149. The van der Waals surface area contributed by atoms with Crippen LogP contribution in [0.4, 0.5) is 0 Å². The van der Waals surface area contributed by atoms with Crippen LogP contribution in [0.15, 0.2) is 34.9 Å². The number of halogens is 1. The maximum absolute atomic E-state index is 9.11. The van der Waals surface area contributed by atoms with Crippen LogP contribution >= 0.6 is 11.6 Å². The molecule has 124 valence electrons. The quantitative estimate of drug-likeness (QED) is 0.863. The van der Waals surface area contributed by atoms with Crippen LogP contribution in [0.25, 0.3) is 11.3 Å². The zero-order valence-electron chi connectivity index (χ0n) is 13.5. The minimum atomic E-state index is 0.149. The third-order valence-electron chi connectivity index (χ3n) is 4.83. The summed E-state index contributed by atoms with van der Waals surface area (Å²) in [6, 6.07) is 9.62. The van der Waals surface area contributed by atoms with Gasteiger partial charge in [-0.25, -0.2) is 0 Å². The molecule has 5 heteroatoms. The topological polar surface area (TPSA) is 49.5 Å². The van der Waals surface area contributed by atoms with Crippen molar-refractivity contribution in [3.63, 3.8) is 0 Å². The molecule has 0 spiro atoms. The van der Waals surface area contributed by atoms with Gasteiger partial charge in [0.05, 0.1) is 6.54 Å². The van der Waals surface area contributed by atoms with Crippen LogP contribution in [0.1, 0.15) is 38.4 Å². The number of aromatic nitrogens is 1. The van der Waals surface area contributed by atoms with Crippen molar-refractivity contribution >= 4 is 11.6 Å². The molecule has 0 saturated carbocycles. The summed E-state index contributed by atoms with van der Waals surface area (Å²) < 4.78 is 5.53. The molecule has 4 nitrogen and oxygen atoms in total. The molecule has 1 saturated heterocycles. The summed E-state index contributed by atoms with van der Waals surface area (Å²) in [5, 5.41) is 14.0. The Labute approximate surface area is 142 Å². The molecular weight excluding hydrogens is 312 g/mol. The molecule has 0 aliphatic carbocycles. The van der Waals surface area contributed by atoms with Gasteiger partial charge in [-0.1, -0.05) is 28.9 Å². The first-order valence-corrected chi connectivity index (χ1v) is 8.56. The van der Waals surface area contributed by atoms with Crippen molar-refractivity contribution < 1.29 is 9.63 Å². The SMILES string of the molecule is C[C@@]1(CCCO)CCCN1Cc1cc(-c2ccc(Cl)cc2)no1. The zero-order valence-corrected chi connectivity index (χ0v) is 14.2. The van der Waals surface area contributed by atoms with Crippen molar-refractivity contribution in [2.45, 2.75) is 44.7 Å². The van der Waals surface area contributed by atoms with E-state index in [1.807, 2.05) is 30.3 Å². The molecule has 0 bridgehead atoms. The van der Waals surface area contributed by atoms with Gasteiger partial charge in [-0.15, -0.1) is 0 Å². The fourth-order valence-electron chi connectivity index (χ4n) is 3.42. The fourth-order valence-corrected chi connectivity index (χ4v) is 3.55. The Bertz CT molecular complexity index is 641. The number of aliphatic hydroxyl groups is 1. The third-order valence-corrected chi connectivity index (χ3v) is 5.08. The molecule has 2 aromatic rings. The average molecular weight is 335 g/mol. The highest BCUT2D eigenvalue weighted by molar-refractivity contribution is 6.30. The zero-order chi connectivity index (χ0) is 16.3. The molecule has 3 rings (SSSR count). The van der Waals surface area contributed by atoms with Crippen molar-refractivity contribution in [2.75, 3.05) is 13.2 Å². The predicted molar refractivity (Wildman–Crippen MR) is 91.3 cm³/mol. The summed E-state index contributed by atoms with van der Waals surface area (Å²) >= 11 is 5.92. The normalized spacial score (nSPS) is 21.9. The Morgan fingerprint density at radius 2 is 2.13 bits per heavy atom. The fraction of sp³-hybridized carbons (Fsp3) is 0.500. The van der Waals surface area contributed by atoms with E-state index in [0.717, 1.165) is 42.9 Å². The van der Waals surface area contributed by atoms with Gasteiger partial charge in [0.15, 0.2) is 5.76 Å². The van der Waals surface area contributed by atoms with Gasteiger partial charge >= 0.3 is 0 Å². The first kappa shape index (κ1) is 16.5. The minimum Gasteiger partial charge on any atom is -0.396 e. The van der Waals surface area contributed by atoms with Crippen LogP contribution in [0.3, 0.4) is 0 Å². The van der Waals surface area contributed by atoms with E-state index in [0.29, 0.717) is 5.02 Å². The maximum atomic E-state index is 9.11. The molecule has 0 amide bonds. The molecular formula is C18H23ClN2O2. The Balaban J connectivity index is 1.70. The largest absolute Gasteiger partial charge is 0.396 e. The first-order valence-electron chi connectivity index (χ1n) is 8.18. The van der Waals surface area contributed by atoms with Crippen LogP contribution in [-0.4, -0.2) is 33.9 Å². The standard InChI is InChI=1S/C18H23ClN2O2/c1-18(9-3-11-22)8-2-10-21(18)13-16-12-17(20-23-16)14-4-6-15(19)7-5-14/h4-7,12,22H,2-3,8-11,13H2,1H3/t18-/m0/s1. The Kier molecular flexibility index (Phi) is 5.05. The van der Waals surface area contributed by atoms with Gasteiger partial charge in [0.25, 0.3) is 0 Å². The van der Waals surface area contributed by atoms with Gasteiger partial charge in [0, 0.05) is 28.8 Å². The van der Waals surface area contributed by atoms with Gasteiger partial charge in [0.1, 0.15) is 5.69 Å². The molecule has 1 aliphatic heterocycles. The van der Waals surface area contributed by atoms with Crippen LogP contribution in [0, 0.1) is 0 Å². The lowest BCUT2D eigenvalue weighted by Gasteiger charge is -2.34. The van der Waals surface area contributed by atoms with E-state index < -0.39 is 0 Å². The highest BCUT2D eigenvalue weighted by atomic mass is 35.5. The number of hydrogen-bond acceptors (Lipinski definition) is 4. The molecule has 1 aromatic heterocycles. The van der Waals surface area contributed by atoms with Gasteiger partial charge < -0.3 is 9.63 Å². The number of aliphatic hydroxyl groups excluding tert-OH is 1. The highest BCUT2D eigenvalue weighted by Crippen LogP contribution is 2.34. The molecule has 1 aliphatic rings. The van der Waals surface area contributed by atoms with Crippen LogP contribution < -0.4 is 0 Å². The van der Waals surface area contributed by atoms with Crippen molar-refractivity contribution in [3.8, 4) is 11.3 Å². The summed E-state index contributed by atoms with van der Waals surface area (Å²) in [5.41, 5.74) is 2.00. The number of benzene rings is 1. The van der Waals surface area contributed by atoms with Crippen LogP contribution in [-0.2, 0) is 6.54 Å². The molecule has 1 aromatic carbocycles. The lowest BCUT2D eigenvalue weighted by atomic mass is 9.93. The summed E-state index contributed by atoms with van der Waals surface area (Å²) in [4.78, 5) is 2.45. The second kappa shape index (κ2) is 7.04. The predicted octanol–water partition coefficient (Wildman–Crippen LogP) is 4.12. The van der Waals surface area contributed by atoms with Crippen LogP contribution in [0.2, 0.25) is 5.02 Å². The molecule has 0 unspecified atom stereocenters. The molecule has 0 radical (unpaired) electrons. The number of nitrogens with zero attached hydrogens (tertiary/aromatic N) is 2. The van der Waals surface area contributed by atoms with Gasteiger partial charge in [-0.2, -0.15) is 0 Å². The van der Waals surface area contributed by atoms with Crippen molar-refractivity contribution in [2.24, 2.45) is 0 Å². The first-order chi connectivity index (χ1) is 11.1. The highest BCUT2D eigenvalue weighted by Gasteiger charge is 2.36. The average Bonchev–Trinajstić information content (AvgIpc) is 3.15. The Hall–Kier alpha value is -1.36. The van der Waals surface area contributed by atoms with Crippen LogP contribution in [0.5, 0.6) is 0 Å². The molecule has 2 heterocycles. The number of likely N-dealkylation sites (tertiary alicyclic amines) is 1. The second-order valence-electron chi connectivity index (χ2n) is 6.53. The van der Waals surface area contributed by atoms with Gasteiger partial charge in [-0.3, -0.25) is 4.90 Å². The monoisotopic (exact) mass is 334 g/mol. The Morgan fingerprint density at radius 1 is 1.35 bits per heavy atom. The van der Waals surface area contributed by atoms with E-state index in [-0.39, 0.29) is 12.1 Å². The maximum Gasteiger partial charge on any atom is 0.151 e. The van der Waals surface area contributed by atoms with E-state index in [4.69, 9.17) is 21.2 Å². The Morgan fingerprint density at radius 3 is 2.87 bits per heavy atom. The summed E-state index contributed by atoms with van der Waals surface area (Å²) in [5.74, 6) is 0.882. The van der Waals surface area contributed by atoms with Crippen molar-refractivity contribution in [1.82, 2.24) is 10.1 Å². The molecule has 1 N–H and O–H groups in total. The second-order valence-corrected chi connectivity index (χ2v) is 6.97. The lowest BCUT2D eigenvalue weighted by Crippen LogP contribution is -2.40. The smallest absolute Gasteiger partial charge is 0.151 e. The van der Waals surface area contributed by atoms with E-state index in [2.05, 4.69) is 17.0 Å². The number of hydrogen-bond donors (Lipinski definition) is 1. The molecule has 1 fully saturated rings. The van der Waals surface area contributed by atoms with Gasteiger partial charge in [-0.05, 0) is 51.3 Å². The van der Waals surface area contributed by atoms with Crippen molar-refractivity contribution in [3.05, 3.63) is 41.1 Å². The van der Waals surface area contributed by atoms with Crippen molar-refractivity contribution in [1.29, 1.82) is 0 Å². The molecule has 23 heavy (non-hydrogen) atoms. The van der Waals surface area contributed by atoms with E-state index in [1.165, 1.54) is 12.8 Å².